The number of hydrogen-bond acceptors (Lipinski definition) is 2. The van der Waals surface area contributed by atoms with Gasteiger partial charge in [0.25, 0.3) is 0 Å². The standard InChI is InChI=1S/C17H27NO/c1-16(2,3)11-9-12-14(18)7-8-19-15(12)13(10-11)17(4,5)6/h9-10,14H,7-8,18H2,1-6H3. The average molecular weight is 261 g/mol. The Morgan fingerprint density at radius 2 is 1.68 bits per heavy atom. The molecule has 0 radical (unpaired) electrons. The highest BCUT2D eigenvalue weighted by Gasteiger charge is 2.29. The Bertz CT molecular complexity index is 477. The van der Waals surface area contributed by atoms with Gasteiger partial charge < -0.3 is 10.5 Å². The van der Waals surface area contributed by atoms with Crippen LogP contribution in [0.4, 0.5) is 0 Å². The first-order valence-corrected chi connectivity index (χ1v) is 7.18. The lowest BCUT2D eigenvalue weighted by Gasteiger charge is -2.33. The van der Waals surface area contributed by atoms with Crippen molar-refractivity contribution in [3.63, 3.8) is 0 Å². The van der Waals surface area contributed by atoms with Crippen LogP contribution in [0.3, 0.4) is 0 Å². The highest BCUT2D eigenvalue weighted by atomic mass is 16.5. The number of hydrogen-bond donors (Lipinski definition) is 1. The molecule has 0 aromatic heterocycles. The van der Waals surface area contributed by atoms with Crippen LogP contribution in [0.15, 0.2) is 12.1 Å². The molecule has 0 fully saturated rings. The third-order valence-corrected chi connectivity index (χ3v) is 3.87. The summed E-state index contributed by atoms with van der Waals surface area (Å²) in [6.07, 6.45) is 0.907. The van der Waals surface area contributed by atoms with E-state index >= 15 is 0 Å². The van der Waals surface area contributed by atoms with E-state index in [1.165, 1.54) is 16.7 Å². The monoisotopic (exact) mass is 261 g/mol. The van der Waals surface area contributed by atoms with Crippen LogP contribution < -0.4 is 10.5 Å². The van der Waals surface area contributed by atoms with Gasteiger partial charge in [0.05, 0.1) is 6.61 Å². The van der Waals surface area contributed by atoms with Gasteiger partial charge in [0, 0.05) is 23.6 Å². The fourth-order valence-electron chi connectivity index (χ4n) is 2.52. The molecule has 2 nitrogen and oxygen atoms in total. The topological polar surface area (TPSA) is 35.2 Å². The van der Waals surface area contributed by atoms with E-state index in [1.807, 2.05) is 0 Å². The molecule has 0 aliphatic carbocycles. The molecule has 1 aromatic rings. The van der Waals surface area contributed by atoms with Crippen LogP contribution in [0, 0.1) is 0 Å². The van der Waals surface area contributed by atoms with Crippen molar-refractivity contribution >= 4 is 0 Å². The minimum Gasteiger partial charge on any atom is -0.493 e. The van der Waals surface area contributed by atoms with E-state index in [2.05, 4.69) is 53.7 Å². The van der Waals surface area contributed by atoms with Gasteiger partial charge in [0.1, 0.15) is 5.75 Å². The maximum Gasteiger partial charge on any atom is 0.127 e. The van der Waals surface area contributed by atoms with Gasteiger partial charge in [-0.1, -0.05) is 47.6 Å². The van der Waals surface area contributed by atoms with Crippen molar-refractivity contribution < 1.29 is 4.74 Å². The van der Waals surface area contributed by atoms with E-state index in [0.717, 1.165) is 18.8 Å². The molecule has 1 aromatic carbocycles. The zero-order valence-electron chi connectivity index (χ0n) is 13.1. The summed E-state index contributed by atoms with van der Waals surface area (Å²) >= 11 is 0. The van der Waals surface area contributed by atoms with Crippen LogP contribution in [0.5, 0.6) is 5.75 Å². The predicted molar refractivity (Wildman–Crippen MR) is 80.9 cm³/mol. The number of rotatable bonds is 0. The zero-order valence-corrected chi connectivity index (χ0v) is 13.1. The highest BCUT2D eigenvalue weighted by Crippen LogP contribution is 2.42. The first-order valence-electron chi connectivity index (χ1n) is 7.18. The Labute approximate surface area is 117 Å². The van der Waals surface area contributed by atoms with Crippen molar-refractivity contribution in [2.24, 2.45) is 5.73 Å². The summed E-state index contributed by atoms with van der Waals surface area (Å²) < 4.78 is 5.94. The lowest BCUT2D eigenvalue weighted by molar-refractivity contribution is 0.261. The zero-order chi connectivity index (χ0) is 14.4. The van der Waals surface area contributed by atoms with Crippen LogP contribution >= 0.6 is 0 Å². The fraction of sp³-hybridized carbons (Fsp3) is 0.647. The lowest BCUT2D eigenvalue weighted by atomic mass is 9.77. The van der Waals surface area contributed by atoms with Gasteiger partial charge in [-0.3, -0.25) is 0 Å². The van der Waals surface area contributed by atoms with Crippen LogP contribution in [-0.4, -0.2) is 6.61 Å². The third kappa shape index (κ3) is 2.79. The molecule has 1 atom stereocenters. The summed E-state index contributed by atoms with van der Waals surface area (Å²) in [6, 6.07) is 4.65. The molecule has 0 saturated heterocycles. The van der Waals surface area contributed by atoms with E-state index < -0.39 is 0 Å². The molecule has 1 unspecified atom stereocenters. The Morgan fingerprint density at radius 1 is 1.05 bits per heavy atom. The number of fused-ring (bicyclic) bond motifs is 1. The molecule has 2 rings (SSSR count). The fourth-order valence-corrected chi connectivity index (χ4v) is 2.52. The Hall–Kier alpha value is -1.02. The van der Waals surface area contributed by atoms with Gasteiger partial charge in [0.2, 0.25) is 0 Å². The van der Waals surface area contributed by atoms with Gasteiger partial charge in [-0.2, -0.15) is 0 Å². The molecular formula is C17H27NO. The molecule has 2 heteroatoms. The summed E-state index contributed by atoms with van der Waals surface area (Å²) in [4.78, 5) is 0. The lowest BCUT2D eigenvalue weighted by Crippen LogP contribution is -2.26. The van der Waals surface area contributed by atoms with Gasteiger partial charge in [-0.05, 0) is 22.5 Å². The molecule has 1 aliphatic heterocycles. The molecule has 2 N–H and O–H groups in total. The van der Waals surface area contributed by atoms with E-state index in [1.54, 1.807) is 0 Å². The van der Waals surface area contributed by atoms with Crippen molar-refractivity contribution in [1.29, 1.82) is 0 Å². The molecule has 106 valence electrons. The first kappa shape index (κ1) is 14.4. The maximum atomic E-state index is 6.29. The van der Waals surface area contributed by atoms with E-state index in [0.29, 0.717) is 0 Å². The largest absolute Gasteiger partial charge is 0.493 e. The van der Waals surface area contributed by atoms with Gasteiger partial charge in [-0.15, -0.1) is 0 Å². The smallest absolute Gasteiger partial charge is 0.127 e. The minimum absolute atomic E-state index is 0.0718. The molecule has 1 aliphatic rings. The average Bonchev–Trinajstić information content (AvgIpc) is 2.25. The Balaban J connectivity index is 2.68. The molecule has 19 heavy (non-hydrogen) atoms. The summed E-state index contributed by atoms with van der Waals surface area (Å²) in [5.41, 5.74) is 10.3. The number of nitrogens with two attached hydrogens (primary N) is 1. The second-order valence-corrected chi connectivity index (χ2v) is 7.69. The van der Waals surface area contributed by atoms with Crippen LogP contribution in [-0.2, 0) is 10.8 Å². The van der Waals surface area contributed by atoms with Crippen molar-refractivity contribution in [2.75, 3.05) is 6.61 Å². The van der Waals surface area contributed by atoms with Crippen molar-refractivity contribution in [3.05, 3.63) is 28.8 Å². The van der Waals surface area contributed by atoms with Crippen LogP contribution in [0.1, 0.15) is 70.7 Å². The third-order valence-electron chi connectivity index (χ3n) is 3.87. The molecule has 0 amide bonds. The van der Waals surface area contributed by atoms with Gasteiger partial charge in [0.15, 0.2) is 0 Å². The van der Waals surface area contributed by atoms with E-state index in [4.69, 9.17) is 10.5 Å². The summed E-state index contributed by atoms with van der Waals surface area (Å²) in [5.74, 6) is 1.03. The molecule has 1 heterocycles. The normalized spacial score (nSPS) is 19.8. The highest BCUT2D eigenvalue weighted by molar-refractivity contribution is 5.51. The molecular weight excluding hydrogens is 234 g/mol. The van der Waals surface area contributed by atoms with Gasteiger partial charge >= 0.3 is 0 Å². The van der Waals surface area contributed by atoms with Crippen molar-refractivity contribution in [1.82, 2.24) is 0 Å². The number of ether oxygens (including phenoxy) is 1. The van der Waals surface area contributed by atoms with Gasteiger partial charge in [-0.25, -0.2) is 0 Å². The summed E-state index contributed by atoms with van der Waals surface area (Å²) in [5, 5.41) is 0. The van der Waals surface area contributed by atoms with Crippen molar-refractivity contribution in [2.45, 2.75) is 64.8 Å². The molecule has 0 spiro atoms. The summed E-state index contributed by atoms with van der Waals surface area (Å²) in [7, 11) is 0. The Morgan fingerprint density at radius 3 is 2.21 bits per heavy atom. The minimum atomic E-state index is 0.0718. The van der Waals surface area contributed by atoms with E-state index in [-0.39, 0.29) is 16.9 Å². The quantitative estimate of drug-likeness (QED) is 0.764. The second kappa shape index (κ2) is 4.52. The maximum absolute atomic E-state index is 6.29. The van der Waals surface area contributed by atoms with E-state index in [9.17, 15) is 0 Å². The van der Waals surface area contributed by atoms with Crippen molar-refractivity contribution in [3.8, 4) is 5.75 Å². The number of benzene rings is 1. The summed E-state index contributed by atoms with van der Waals surface area (Å²) in [6.45, 7) is 14.2. The second-order valence-electron chi connectivity index (χ2n) is 7.69. The van der Waals surface area contributed by atoms with Crippen LogP contribution in [0.2, 0.25) is 0 Å². The molecule has 0 bridgehead atoms. The predicted octanol–water partition coefficient (Wildman–Crippen LogP) is 4.06. The molecule has 0 saturated carbocycles. The Kier molecular flexibility index (Phi) is 3.42. The first-order chi connectivity index (χ1) is 8.60. The SMILES string of the molecule is CC(C)(C)c1cc2c(c(C(C)(C)C)c1)OCCC2N. The van der Waals surface area contributed by atoms with Crippen LogP contribution in [0.25, 0.3) is 0 Å².